The van der Waals surface area contributed by atoms with Gasteiger partial charge in [-0.1, -0.05) is 38.7 Å². The number of hydrogen-bond donors (Lipinski definition) is 2. The van der Waals surface area contributed by atoms with Crippen LogP contribution in [-0.2, 0) is 12.8 Å². The first-order chi connectivity index (χ1) is 10.3. The molecule has 1 aromatic carbocycles. The number of rotatable bonds is 5. The number of nitrogens with zero attached hydrogens (tertiary/aromatic N) is 1. The van der Waals surface area contributed by atoms with E-state index < -0.39 is 0 Å². The van der Waals surface area contributed by atoms with Crippen molar-refractivity contribution in [2.24, 2.45) is 0 Å². The molecule has 0 amide bonds. The van der Waals surface area contributed by atoms with Crippen LogP contribution in [0.1, 0.15) is 56.8 Å². The second-order valence-corrected chi connectivity index (χ2v) is 6.28. The fraction of sp³-hybridized carbons (Fsp3) is 0.611. The number of fused-ring (bicyclic) bond motifs is 1. The predicted octanol–water partition coefficient (Wildman–Crippen LogP) is 3.98. The molecule has 2 aromatic rings. The van der Waals surface area contributed by atoms with E-state index in [9.17, 15) is 0 Å². The molecule has 0 atom stereocenters. The molecule has 0 bridgehead atoms. The van der Waals surface area contributed by atoms with Crippen molar-refractivity contribution in [3.05, 3.63) is 29.6 Å². The lowest BCUT2D eigenvalue weighted by atomic mass is 10.1. The summed E-state index contributed by atoms with van der Waals surface area (Å²) in [5.41, 5.74) is 3.64. The molecule has 3 nitrogen and oxygen atoms in total. The summed E-state index contributed by atoms with van der Waals surface area (Å²) in [7, 11) is 0. The van der Waals surface area contributed by atoms with Gasteiger partial charge in [0.15, 0.2) is 0 Å². The number of aryl methyl sites for hydroxylation is 1. The molecule has 3 heteroatoms. The summed E-state index contributed by atoms with van der Waals surface area (Å²) in [4.78, 5) is 8.16. The SMILES string of the molecule is CCc1ccc2nc(CCNC3CCCCCC3)[nH]c2c1. The van der Waals surface area contributed by atoms with E-state index in [0.29, 0.717) is 0 Å². The third kappa shape index (κ3) is 3.85. The molecule has 0 unspecified atom stereocenters. The number of aromatic nitrogens is 2. The van der Waals surface area contributed by atoms with Gasteiger partial charge in [-0.2, -0.15) is 0 Å². The van der Waals surface area contributed by atoms with Gasteiger partial charge >= 0.3 is 0 Å². The van der Waals surface area contributed by atoms with Crippen LogP contribution in [0, 0.1) is 0 Å². The van der Waals surface area contributed by atoms with E-state index in [1.54, 1.807) is 0 Å². The molecule has 1 heterocycles. The lowest BCUT2D eigenvalue weighted by Crippen LogP contribution is -2.30. The van der Waals surface area contributed by atoms with Crippen molar-refractivity contribution in [2.75, 3.05) is 6.54 Å². The van der Waals surface area contributed by atoms with Gasteiger partial charge < -0.3 is 10.3 Å². The minimum atomic E-state index is 0.726. The molecular formula is C18H27N3. The Bertz CT molecular complexity index is 565. The van der Waals surface area contributed by atoms with Crippen molar-refractivity contribution in [3.63, 3.8) is 0 Å². The van der Waals surface area contributed by atoms with Crippen LogP contribution in [0.2, 0.25) is 0 Å². The van der Waals surface area contributed by atoms with Crippen LogP contribution in [0.15, 0.2) is 18.2 Å². The van der Waals surface area contributed by atoms with Crippen LogP contribution in [0.25, 0.3) is 11.0 Å². The molecule has 1 aromatic heterocycles. The van der Waals surface area contributed by atoms with Gasteiger partial charge in [0.25, 0.3) is 0 Å². The van der Waals surface area contributed by atoms with Gasteiger partial charge in [-0.05, 0) is 37.0 Å². The van der Waals surface area contributed by atoms with Crippen LogP contribution in [0.4, 0.5) is 0 Å². The standard InChI is InChI=1S/C18H27N3/c1-2-14-9-10-16-17(13-14)21-18(20-16)11-12-19-15-7-5-3-4-6-8-15/h9-10,13,15,19H,2-8,11-12H2,1H3,(H,20,21). The Balaban J connectivity index is 1.55. The van der Waals surface area contributed by atoms with E-state index in [2.05, 4.69) is 35.4 Å². The third-order valence-electron chi connectivity index (χ3n) is 4.65. The van der Waals surface area contributed by atoms with Crippen LogP contribution in [0.3, 0.4) is 0 Å². The van der Waals surface area contributed by atoms with Crippen molar-refractivity contribution < 1.29 is 0 Å². The van der Waals surface area contributed by atoms with Gasteiger partial charge in [0, 0.05) is 19.0 Å². The number of benzene rings is 1. The largest absolute Gasteiger partial charge is 0.342 e. The quantitative estimate of drug-likeness (QED) is 0.816. The molecule has 3 rings (SSSR count). The smallest absolute Gasteiger partial charge is 0.108 e. The number of hydrogen-bond acceptors (Lipinski definition) is 2. The highest BCUT2D eigenvalue weighted by Crippen LogP contribution is 2.17. The maximum absolute atomic E-state index is 4.69. The summed E-state index contributed by atoms with van der Waals surface area (Å²) in [6.45, 7) is 3.22. The minimum Gasteiger partial charge on any atom is -0.342 e. The maximum atomic E-state index is 4.69. The molecule has 0 spiro atoms. The summed E-state index contributed by atoms with van der Waals surface area (Å²) in [5.74, 6) is 1.11. The Morgan fingerprint density at radius 2 is 2.00 bits per heavy atom. The van der Waals surface area contributed by atoms with Crippen LogP contribution in [0.5, 0.6) is 0 Å². The average molecular weight is 285 g/mol. The van der Waals surface area contributed by atoms with Crippen LogP contribution in [-0.4, -0.2) is 22.6 Å². The summed E-state index contributed by atoms with van der Waals surface area (Å²) in [6.07, 6.45) is 10.4. The van der Waals surface area contributed by atoms with E-state index >= 15 is 0 Å². The van der Waals surface area contributed by atoms with Crippen molar-refractivity contribution in [3.8, 4) is 0 Å². The number of imidazole rings is 1. The molecule has 1 aliphatic carbocycles. The first-order valence-corrected chi connectivity index (χ1v) is 8.56. The van der Waals surface area contributed by atoms with Crippen LogP contribution >= 0.6 is 0 Å². The molecule has 0 aliphatic heterocycles. The first kappa shape index (κ1) is 14.6. The first-order valence-electron chi connectivity index (χ1n) is 8.56. The molecule has 0 radical (unpaired) electrons. The van der Waals surface area contributed by atoms with Gasteiger partial charge in [0.1, 0.15) is 5.82 Å². The Hall–Kier alpha value is -1.35. The molecule has 2 N–H and O–H groups in total. The average Bonchev–Trinajstić information content (AvgIpc) is 2.72. The number of aromatic amines is 1. The van der Waals surface area contributed by atoms with Crippen molar-refractivity contribution in [1.29, 1.82) is 0 Å². The van der Waals surface area contributed by atoms with Gasteiger partial charge in [-0.15, -0.1) is 0 Å². The molecule has 21 heavy (non-hydrogen) atoms. The second-order valence-electron chi connectivity index (χ2n) is 6.28. The second kappa shape index (κ2) is 7.08. The lowest BCUT2D eigenvalue weighted by molar-refractivity contribution is 0.461. The van der Waals surface area contributed by atoms with Crippen molar-refractivity contribution >= 4 is 11.0 Å². The fourth-order valence-electron chi connectivity index (χ4n) is 3.33. The molecular weight excluding hydrogens is 258 g/mol. The number of H-pyrrole nitrogens is 1. The van der Waals surface area contributed by atoms with E-state index in [0.717, 1.165) is 36.8 Å². The lowest BCUT2D eigenvalue weighted by Gasteiger charge is -2.15. The highest BCUT2D eigenvalue weighted by atomic mass is 14.9. The van der Waals surface area contributed by atoms with Gasteiger partial charge in [-0.3, -0.25) is 0 Å². The number of nitrogens with one attached hydrogen (secondary N) is 2. The summed E-state index contributed by atoms with van der Waals surface area (Å²) in [5, 5.41) is 3.72. The normalized spacial score (nSPS) is 17.2. The summed E-state index contributed by atoms with van der Waals surface area (Å²) in [6, 6.07) is 7.26. The van der Waals surface area contributed by atoms with E-state index in [1.807, 2.05) is 0 Å². The zero-order chi connectivity index (χ0) is 14.5. The van der Waals surface area contributed by atoms with E-state index in [1.165, 1.54) is 49.6 Å². The molecule has 1 aliphatic rings. The molecule has 1 saturated carbocycles. The van der Waals surface area contributed by atoms with E-state index in [-0.39, 0.29) is 0 Å². The molecule has 114 valence electrons. The Labute approximate surface area is 127 Å². The highest BCUT2D eigenvalue weighted by Gasteiger charge is 2.11. The Morgan fingerprint density at radius 3 is 2.76 bits per heavy atom. The minimum absolute atomic E-state index is 0.726. The van der Waals surface area contributed by atoms with E-state index in [4.69, 9.17) is 4.98 Å². The third-order valence-corrected chi connectivity index (χ3v) is 4.65. The molecule has 0 saturated heterocycles. The summed E-state index contributed by atoms with van der Waals surface area (Å²) < 4.78 is 0. The van der Waals surface area contributed by atoms with Crippen LogP contribution < -0.4 is 5.32 Å². The van der Waals surface area contributed by atoms with Gasteiger partial charge in [0.2, 0.25) is 0 Å². The predicted molar refractivity (Wildman–Crippen MR) is 88.7 cm³/mol. The highest BCUT2D eigenvalue weighted by molar-refractivity contribution is 5.75. The molecule has 1 fully saturated rings. The maximum Gasteiger partial charge on any atom is 0.108 e. The topological polar surface area (TPSA) is 40.7 Å². The zero-order valence-corrected chi connectivity index (χ0v) is 13.1. The van der Waals surface area contributed by atoms with Gasteiger partial charge in [-0.25, -0.2) is 4.98 Å². The van der Waals surface area contributed by atoms with Crippen molar-refractivity contribution in [1.82, 2.24) is 15.3 Å². The van der Waals surface area contributed by atoms with Gasteiger partial charge in [0.05, 0.1) is 11.0 Å². The fourth-order valence-corrected chi connectivity index (χ4v) is 3.33. The van der Waals surface area contributed by atoms with Crippen molar-refractivity contribution in [2.45, 2.75) is 64.3 Å². The monoisotopic (exact) mass is 285 g/mol. The summed E-state index contributed by atoms with van der Waals surface area (Å²) >= 11 is 0. The Morgan fingerprint density at radius 1 is 1.19 bits per heavy atom. The Kier molecular flexibility index (Phi) is 4.91. The zero-order valence-electron chi connectivity index (χ0n) is 13.1.